The highest BCUT2D eigenvalue weighted by Gasteiger charge is 2.20. The van der Waals surface area contributed by atoms with Crippen LogP contribution in [-0.4, -0.2) is 26.6 Å². The van der Waals surface area contributed by atoms with E-state index in [0.29, 0.717) is 0 Å². The summed E-state index contributed by atoms with van der Waals surface area (Å²) in [6.45, 7) is 5.14. The van der Waals surface area contributed by atoms with E-state index in [9.17, 15) is 0 Å². The summed E-state index contributed by atoms with van der Waals surface area (Å²) in [6, 6.07) is 2.05. The fourth-order valence-electron chi connectivity index (χ4n) is 2.26. The van der Waals surface area contributed by atoms with Gasteiger partial charge in [-0.05, 0) is 19.4 Å². The first-order valence-electron chi connectivity index (χ1n) is 6.33. The zero-order valence-corrected chi connectivity index (χ0v) is 10.6. The van der Waals surface area contributed by atoms with E-state index in [1.54, 1.807) is 0 Å². The van der Waals surface area contributed by atoms with Gasteiger partial charge in [0.1, 0.15) is 12.0 Å². The molecule has 3 heterocycles. The summed E-state index contributed by atoms with van der Waals surface area (Å²) >= 11 is 0. The summed E-state index contributed by atoms with van der Waals surface area (Å²) in [6.07, 6.45) is 7.06. The molecule has 2 aromatic rings. The molecular weight excluding hydrogens is 226 g/mol. The van der Waals surface area contributed by atoms with Crippen LogP contribution in [0.4, 0.5) is 5.82 Å². The van der Waals surface area contributed by atoms with Crippen molar-refractivity contribution in [2.24, 2.45) is 4.99 Å². The zero-order valence-electron chi connectivity index (χ0n) is 10.6. The Bertz CT molecular complexity index is 578. The lowest BCUT2D eigenvalue weighted by molar-refractivity contribution is 0.602. The number of H-pyrrole nitrogens is 1. The number of fused-ring (bicyclic) bond motifs is 1. The van der Waals surface area contributed by atoms with Crippen LogP contribution in [0.15, 0.2) is 29.6 Å². The highest BCUT2D eigenvalue weighted by molar-refractivity contribution is 6.16. The first-order chi connectivity index (χ1) is 8.78. The standard InChI is InChI=1S/C13H17N5/c1-3-6-18-8-10(7-15-18)12-11-4-5-14-13(11)17-9(2)16-12/h4-5,7-9,14,17H,3,6H2,1-2H3. The number of nitrogens with one attached hydrogen (secondary N) is 2. The maximum atomic E-state index is 4.67. The second-order valence-corrected chi connectivity index (χ2v) is 4.56. The highest BCUT2D eigenvalue weighted by Crippen LogP contribution is 2.24. The topological polar surface area (TPSA) is 58.0 Å². The number of aromatic nitrogens is 3. The fourth-order valence-corrected chi connectivity index (χ4v) is 2.26. The zero-order chi connectivity index (χ0) is 12.5. The minimum Gasteiger partial charge on any atom is -0.350 e. The number of anilines is 1. The third-order valence-corrected chi connectivity index (χ3v) is 3.04. The van der Waals surface area contributed by atoms with Crippen molar-refractivity contribution in [1.82, 2.24) is 14.8 Å². The van der Waals surface area contributed by atoms with Gasteiger partial charge in [-0.3, -0.25) is 9.67 Å². The monoisotopic (exact) mass is 243 g/mol. The Morgan fingerprint density at radius 2 is 2.33 bits per heavy atom. The molecular formula is C13H17N5. The number of aryl methyl sites for hydroxylation is 1. The van der Waals surface area contributed by atoms with Crippen molar-refractivity contribution in [2.45, 2.75) is 33.0 Å². The molecule has 2 aromatic heterocycles. The normalized spacial score (nSPS) is 18.1. The van der Waals surface area contributed by atoms with Crippen molar-refractivity contribution in [2.75, 3.05) is 5.32 Å². The number of aromatic amines is 1. The summed E-state index contributed by atoms with van der Waals surface area (Å²) in [7, 11) is 0. The SMILES string of the molecule is CCCn1cc(C2=NC(C)Nc3[nH]ccc32)cn1. The molecule has 5 heteroatoms. The molecule has 0 saturated heterocycles. The number of nitrogens with zero attached hydrogens (tertiary/aromatic N) is 3. The van der Waals surface area contributed by atoms with Gasteiger partial charge in [0.15, 0.2) is 0 Å². The Balaban J connectivity index is 1.99. The van der Waals surface area contributed by atoms with Crippen molar-refractivity contribution in [3.8, 4) is 0 Å². The molecule has 0 radical (unpaired) electrons. The Kier molecular flexibility index (Phi) is 2.66. The van der Waals surface area contributed by atoms with Crippen molar-refractivity contribution < 1.29 is 0 Å². The van der Waals surface area contributed by atoms with E-state index in [0.717, 1.165) is 35.6 Å². The molecule has 3 rings (SSSR count). The average Bonchev–Trinajstić information content (AvgIpc) is 2.96. The third kappa shape index (κ3) is 1.81. The first-order valence-corrected chi connectivity index (χ1v) is 6.33. The lowest BCUT2D eigenvalue weighted by Gasteiger charge is -2.19. The highest BCUT2D eigenvalue weighted by atomic mass is 15.3. The van der Waals surface area contributed by atoms with E-state index >= 15 is 0 Å². The Morgan fingerprint density at radius 1 is 1.44 bits per heavy atom. The van der Waals surface area contributed by atoms with Crippen LogP contribution >= 0.6 is 0 Å². The van der Waals surface area contributed by atoms with E-state index in [4.69, 9.17) is 0 Å². The van der Waals surface area contributed by atoms with E-state index in [-0.39, 0.29) is 6.17 Å². The molecule has 0 aliphatic carbocycles. The summed E-state index contributed by atoms with van der Waals surface area (Å²) in [5, 5.41) is 7.67. The van der Waals surface area contributed by atoms with Gasteiger partial charge in [-0.2, -0.15) is 5.10 Å². The number of rotatable bonds is 3. The Morgan fingerprint density at radius 3 is 3.17 bits per heavy atom. The molecule has 18 heavy (non-hydrogen) atoms. The largest absolute Gasteiger partial charge is 0.350 e. The molecule has 0 spiro atoms. The van der Waals surface area contributed by atoms with Crippen LogP contribution in [-0.2, 0) is 6.54 Å². The molecule has 1 unspecified atom stereocenters. The lowest BCUT2D eigenvalue weighted by Crippen LogP contribution is -2.23. The second kappa shape index (κ2) is 4.33. The van der Waals surface area contributed by atoms with Gasteiger partial charge in [-0.15, -0.1) is 0 Å². The van der Waals surface area contributed by atoms with Gasteiger partial charge in [0.2, 0.25) is 0 Å². The molecule has 0 bridgehead atoms. The Hall–Kier alpha value is -2.04. The van der Waals surface area contributed by atoms with Gasteiger partial charge in [0.05, 0.1) is 11.9 Å². The van der Waals surface area contributed by atoms with Crippen molar-refractivity contribution >= 4 is 11.5 Å². The molecule has 0 fully saturated rings. The third-order valence-electron chi connectivity index (χ3n) is 3.04. The van der Waals surface area contributed by atoms with Crippen LogP contribution in [0.1, 0.15) is 31.4 Å². The van der Waals surface area contributed by atoms with E-state index in [2.05, 4.69) is 33.5 Å². The maximum Gasteiger partial charge on any atom is 0.117 e. The Labute approximate surface area is 106 Å². The maximum absolute atomic E-state index is 4.67. The van der Waals surface area contributed by atoms with Gasteiger partial charge >= 0.3 is 0 Å². The molecule has 0 aromatic carbocycles. The molecule has 0 amide bonds. The van der Waals surface area contributed by atoms with Gasteiger partial charge in [-0.25, -0.2) is 0 Å². The van der Waals surface area contributed by atoms with Gasteiger partial charge in [-0.1, -0.05) is 6.92 Å². The van der Waals surface area contributed by atoms with E-state index in [1.165, 1.54) is 0 Å². The summed E-state index contributed by atoms with van der Waals surface area (Å²) < 4.78 is 1.97. The van der Waals surface area contributed by atoms with Crippen molar-refractivity contribution in [1.29, 1.82) is 0 Å². The number of hydrogen-bond donors (Lipinski definition) is 2. The van der Waals surface area contributed by atoms with Crippen LogP contribution in [0.2, 0.25) is 0 Å². The summed E-state index contributed by atoms with van der Waals surface area (Å²) in [5.41, 5.74) is 3.21. The molecule has 1 aliphatic heterocycles. The molecule has 5 nitrogen and oxygen atoms in total. The molecule has 1 aliphatic rings. The van der Waals surface area contributed by atoms with Gasteiger partial charge < -0.3 is 10.3 Å². The minimum absolute atomic E-state index is 0.0840. The van der Waals surface area contributed by atoms with E-state index in [1.807, 2.05) is 30.1 Å². The second-order valence-electron chi connectivity index (χ2n) is 4.56. The quantitative estimate of drug-likeness (QED) is 0.868. The average molecular weight is 243 g/mol. The molecule has 1 atom stereocenters. The first kappa shape index (κ1) is 11.1. The van der Waals surface area contributed by atoms with Crippen LogP contribution in [0, 0.1) is 0 Å². The van der Waals surface area contributed by atoms with Crippen LogP contribution in [0.25, 0.3) is 0 Å². The summed E-state index contributed by atoms with van der Waals surface area (Å²) in [4.78, 5) is 7.87. The molecule has 0 saturated carbocycles. The number of aliphatic imine (C=N–C) groups is 1. The smallest absolute Gasteiger partial charge is 0.117 e. The molecule has 2 N–H and O–H groups in total. The van der Waals surface area contributed by atoms with Gasteiger partial charge in [0, 0.05) is 30.1 Å². The van der Waals surface area contributed by atoms with E-state index < -0.39 is 0 Å². The molecule has 94 valence electrons. The fraction of sp³-hybridized carbons (Fsp3) is 0.385. The van der Waals surface area contributed by atoms with Gasteiger partial charge in [0.25, 0.3) is 0 Å². The van der Waals surface area contributed by atoms with Crippen LogP contribution < -0.4 is 5.32 Å². The minimum atomic E-state index is 0.0840. The predicted octanol–water partition coefficient (Wildman–Crippen LogP) is 2.23. The number of hydrogen-bond acceptors (Lipinski definition) is 3. The lowest BCUT2D eigenvalue weighted by atomic mass is 10.1. The van der Waals surface area contributed by atoms with Crippen molar-refractivity contribution in [3.05, 3.63) is 35.8 Å². The van der Waals surface area contributed by atoms with Crippen LogP contribution in [0.3, 0.4) is 0 Å². The van der Waals surface area contributed by atoms with Crippen LogP contribution in [0.5, 0.6) is 0 Å². The summed E-state index contributed by atoms with van der Waals surface area (Å²) in [5.74, 6) is 1.04. The predicted molar refractivity (Wildman–Crippen MR) is 72.0 cm³/mol. The van der Waals surface area contributed by atoms with Crippen molar-refractivity contribution in [3.63, 3.8) is 0 Å².